The summed E-state index contributed by atoms with van der Waals surface area (Å²) in [4.78, 5) is 21.3. The standard InChI is InChI=1S/C21H17FN4O/c22-16-10-8-15(9-11-16)21(27)24-14-12-19-25-18-7-4-13-23-20(18)26(19)17-5-2-1-3-6-17/h1-11,13H,12,14H2,(H,24,27). The minimum Gasteiger partial charge on any atom is -0.352 e. The molecule has 0 spiro atoms. The molecule has 27 heavy (non-hydrogen) atoms. The van der Waals surface area contributed by atoms with Crippen molar-refractivity contribution in [2.75, 3.05) is 6.54 Å². The summed E-state index contributed by atoms with van der Waals surface area (Å²) in [5.41, 5.74) is 2.98. The summed E-state index contributed by atoms with van der Waals surface area (Å²) in [5, 5.41) is 2.85. The van der Waals surface area contributed by atoms with Crippen molar-refractivity contribution in [2.24, 2.45) is 0 Å². The van der Waals surface area contributed by atoms with E-state index in [4.69, 9.17) is 0 Å². The number of para-hydroxylation sites is 1. The van der Waals surface area contributed by atoms with E-state index in [2.05, 4.69) is 15.3 Å². The molecule has 0 atom stereocenters. The number of nitrogens with one attached hydrogen (secondary N) is 1. The van der Waals surface area contributed by atoms with Gasteiger partial charge >= 0.3 is 0 Å². The second-order valence-corrected chi connectivity index (χ2v) is 6.06. The molecule has 1 amide bonds. The highest BCUT2D eigenvalue weighted by Crippen LogP contribution is 2.19. The zero-order valence-electron chi connectivity index (χ0n) is 14.5. The summed E-state index contributed by atoms with van der Waals surface area (Å²) in [5.74, 6) is 0.209. The molecule has 0 aliphatic heterocycles. The molecule has 2 aromatic carbocycles. The highest BCUT2D eigenvalue weighted by atomic mass is 19.1. The number of rotatable bonds is 5. The number of halogens is 1. The summed E-state index contributed by atoms with van der Waals surface area (Å²) in [6.45, 7) is 0.409. The average Bonchev–Trinajstić information content (AvgIpc) is 3.07. The molecule has 4 aromatic rings. The minimum absolute atomic E-state index is 0.240. The fourth-order valence-electron chi connectivity index (χ4n) is 2.97. The van der Waals surface area contributed by atoms with Crippen LogP contribution in [0.5, 0.6) is 0 Å². The van der Waals surface area contributed by atoms with E-state index >= 15 is 0 Å². The fraction of sp³-hybridized carbons (Fsp3) is 0.0952. The number of carbonyl (C=O) groups is 1. The van der Waals surface area contributed by atoms with Gasteiger partial charge in [0.15, 0.2) is 5.65 Å². The van der Waals surface area contributed by atoms with Crippen LogP contribution in [0.15, 0.2) is 72.9 Å². The van der Waals surface area contributed by atoms with Crippen molar-refractivity contribution < 1.29 is 9.18 Å². The van der Waals surface area contributed by atoms with E-state index in [1.54, 1.807) is 6.20 Å². The molecule has 0 bridgehead atoms. The third kappa shape index (κ3) is 3.55. The van der Waals surface area contributed by atoms with Crippen LogP contribution >= 0.6 is 0 Å². The van der Waals surface area contributed by atoms with Crippen molar-refractivity contribution in [3.8, 4) is 5.69 Å². The Hall–Kier alpha value is -3.54. The van der Waals surface area contributed by atoms with Crippen LogP contribution in [0.4, 0.5) is 4.39 Å². The van der Waals surface area contributed by atoms with E-state index in [0.29, 0.717) is 18.5 Å². The first kappa shape index (κ1) is 16.9. The number of imidazole rings is 1. The van der Waals surface area contributed by atoms with Gasteiger partial charge in [-0.1, -0.05) is 18.2 Å². The zero-order valence-corrected chi connectivity index (χ0v) is 14.5. The summed E-state index contributed by atoms with van der Waals surface area (Å²) < 4.78 is 15.0. The Labute approximate surface area is 155 Å². The number of fused-ring (bicyclic) bond motifs is 1. The number of amides is 1. The molecule has 0 aliphatic carbocycles. The maximum absolute atomic E-state index is 13.0. The van der Waals surface area contributed by atoms with Crippen LogP contribution in [0.2, 0.25) is 0 Å². The van der Waals surface area contributed by atoms with E-state index in [0.717, 1.165) is 22.7 Å². The Bertz CT molecular complexity index is 1070. The summed E-state index contributed by atoms with van der Waals surface area (Å²) >= 11 is 0. The van der Waals surface area contributed by atoms with Gasteiger partial charge in [0, 0.05) is 30.4 Å². The van der Waals surface area contributed by atoms with Gasteiger partial charge in [-0.2, -0.15) is 0 Å². The predicted molar refractivity (Wildman–Crippen MR) is 101 cm³/mol. The highest BCUT2D eigenvalue weighted by Gasteiger charge is 2.13. The maximum Gasteiger partial charge on any atom is 0.251 e. The van der Waals surface area contributed by atoms with Crippen molar-refractivity contribution in [3.63, 3.8) is 0 Å². The monoisotopic (exact) mass is 360 g/mol. The zero-order chi connectivity index (χ0) is 18.6. The van der Waals surface area contributed by atoms with E-state index in [-0.39, 0.29) is 11.7 Å². The van der Waals surface area contributed by atoms with Crippen LogP contribution in [0.1, 0.15) is 16.2 Å². The van der Waals surface area contributed by atoms with Crippen LogP contribution in [-0.2, 0) is 6.42 Å². The number of nitrogens with zero attached hydrogens (tertiary/aromatic N) is 3. The first-order chi connectivity index (χ1) is 13.2. The lowest BCUT2D eigenvalue weighted by atomic mass is 10.2. The van der Waals surface area contributed by atoms with Crippen LogP contribution in [0, 0.1) is 5.82 Å². The third-order valence-electron chi connectivity index (χ3n) is 4.24. The number of aromatic nitrogens is 3. The van der Waals surface area contributed by atoms with Crippen molar-refractivity contribution >= 4 is 17.1 Å². The van der Waals surface area contributed by atoms with Gasteiger partial charge in [0.2, 0.25) is 0 Å². The second kappa shape index (κ2) is 7.37. The molecule has 6 heteroatoms. The third-order valence-corrected chi connectivity index (χ3v) is 4.24. The van der Waals surface area contributed by atoms with Crippen molar-refractivity contribution in [2.45, 2.75) is 6.42 Å². The number of benzene rings is 2. The lowest BCUT2D eigenvalue weighted by Crippen LogP contribution is -2.26. The Morgan fingerprint density at radius 1 is 1.00 bits per heavy atom. The second-order valence-electron chi connectivity index (χ2n) is 6.06. The number of pyridine rings is 1. The van der Waals surface area contributed by atoms with E-state index in [1.807, 2.05) is 47.0 Å². The lowest BCUT2D eigenvalue weighted by molar-refractivity contribution is 0.0954. The number of carbonyl (C=O) groups excluding carboxylic acids is 1. The SMILES string of the molecule is O=C(NCCc1nc2cccnc2n1-c1ccccc1)c1ccc(F)cc1. The molecular formula is C21H17FN4O. The molecule has 1 N–H and O–H groups in total. The van der Waals surface area contributed by atoms with Gasteiger partial charge in [-0.05, 0) is 48.5 Å². The quantitative estimate of drug-likeness (QED) is 0.592. The molecule has 0 radical (unpaired) electrons. The molecule has 134 valence electrons. The molecule has 0 unspecified atom stereocenters. The Morgan fingerprint density at radius 3 is 2.56 bits per heavy atom. The maximum atomic E-state index is 13.0. The molecule has 2 aromatic heterocycles. The average molecular weight is 360 g/mol. The van der Waals surface area contributed by atoms with Crippen LogP contribution in [0.25, 0.3) is 16.9 Å². The predicted octanol–water partition coefficient (Wildman–Crippen LogP) is 3.53. The van der Waals surface area contributed by atoms with Gasteiger partial charge in [0.1, 0.15) is 17.2 Å². The molecule has 0 fully saturated rings. The Kier molecular flexibility index (Phi) is 4.61. The van der Waals surface area contributed by atoms with Crippen molar-refractivity contribution in [1.82, 2.24) is 19.9 Å². The van der Waals surface area contributed by atoms with Crippen molar-refractivity contribution in [1.29, 1.82) is 0 Å². The first-order valence-electron chi connectivity index (χ1n) is 8.64. The van der Waals surface area contributed by atoms with Crippen molar-refractivity contribution in [3.05, 3.63) is 90.1 Å². The van der Waals surface area contributed by atoms with Crippen LogP contribution < -0.4 is 5.32 Å². The summed E-state index contributed by atoms with van der Waals surface area (Å²) in [6, 6.07) is 19.1. The van der Waals surface area contributed by atoms with E-state index < -0.39 is 0 Å². The Morgan fingerprint density at radius 2 is 1.78 bits per heavy atom. The van der Waals surface area contributed by atoms with Gasteiger partial charge in [-0.15, -0.1) is 0 Å². The smallest absolute Gasteiger partial charge is 0.251 e. The molecule has 5 nitrogen and oxygen atoms in total. The first-order valence-corrected chi connectivity index (χ1v) is 8.64. The molecule has 2 heterocycles. The minimum atomic E-state index is -0.365. The number of hydrogen-bond donors (Lipinski definition) is 1. The van der Waals surface area contributed by atoms with E-state index in [9.17, 15) is 9.18 Å². The largest absolute Gasteiger partial charge is 0.352 e. The fourth-order valence-corrected chi connectivity index (χ4v) is 2.97. The van der Waals surface area contributed by atoms with Gasteiger partial charge < -0.3 is 5.32 Å². The van der Waals surface area contributed by atoms with Crippen LogP contribution in [-0.4, -0.2) is 27.0 Å². The molecule has 0 saturated carbocycles. The van der Waals surface area contributed by atoms with Crippen LogP contribution in [0.3, 0.4) is 0 Å². The van der Waals surface area contributed by atoms with Gasteiger partial charge in [-0.25, -0.2) is 14.4 Å². The summed E-state index contributed by atoms with van der Waals surface area (Å²) in [6.07, 6.45) is 2.28. The van der Waals surface area contributed by atoms with E-state index in [1.165, 1.54) is 24.3 Å². The molecule has 0 saturated heterocycles. The highest BCUT2D eigenvalue weighted by molar-refractivity contribution is 5.94. The summed E-state index contributed by atoms with van der Waals surface area (Å²) in [7, 11) is 0. The normalized spacial score (nSPS) is 10.9. The topological polar surface area (TPSA) is 59.8 Å². The lowest BCUT2D eigenvalue weighted by Gasteiger charge is -2.09. The Balaban J connectivity index is 1.55. The van der Waals surface area contributed by atoms with Gasteiger partial charge in [-0.3, -0.25) is 9.36 Å². The number of hydrogen-bond acceptors (Lipinski definition) is 3. The molecular weight excluding hydrogens is 343 g/mol. The molecule has 4 rings (SSSR count). The van der Waals surface area contributed by atoms with Gasteiger partial charge in [0.05, 0.1) is 0 Å². The molecule has 0 aliphatic rings. The van der Waals surface area contributed by atoms with Gasteiger partial charge in [0.25, 0.3) is 5.91 Å².